The number of aryl methyl sites for hydroxylation is 1. The number of rotatable bonds is 4. The summed E-state index contributed by atoms with van der Waals surface area (Å²) in [4.78, 5) is 24.2. The maximum atomic E-state index is 12.4. The molecule has 0 aliphatic carbocycles. The van der Waals surface area contributed by atoms with Gasteiger partial charge in [0.1, 0.15) is 16.6 Å². The van der Waals surface area contributed by atoms with Crippen LogP contribution in [0.4, 0.5) is 5.13 Å². The fourth-order valence-electron chi connectivity index (χ4n) is 2.50. The molecule has 1 aromatic carbocycles. The molecule has 0 aliphatic rings. The lowest BCUT2D eigenvalue weighted by atomic mass is 10.1. The summed E-state index contributed by atoms with van der Waals surface area (Å²) in [5.74, 6) is -0.712. The van der Waals surface area contributed by atoms with Gasteiger partial charge in [-0.3, -0.25) is 19.5 Å². The van der Waals surface area contributed by atoms with Crippen molar-refractivity contribution in [3.8, 4) is 6.07 Å². The van der Waals surface area contributed by atoms with E-state index >= 15 is 0 Å². The van der Waals surface area contributed by atoms with Gasteiger partial charge in [-0.2, -0.15) is 5.26 Å². The van der Waals surface area contributed by atoms with E-state index in [2.05, 4.69) is 15.5 Å². The molecule has 0 bridgehead atoms. The van der Waals surface area contributed by atoms with Crippen LogP contribution < -0.4 is 5.32 Å². The number of hydrogen-bond donors (Lipinski definition) is 1. The molecule has 1 amide bonds. The molecule has 3 aromatic rings. The molecule has 0 saturated carbocycles. The number of fused-ring (bicyclic) bond motifs is 1. The molecule has 0 atom stereocenters. The summed E-state index contributed by atoms with van der Waals surface area (Å²) >= 11 is 1.27. The molecule has 0 radical (unpaired) electrons. The molecule has 0 spiro atoms. The van der Waals surface area contributed by atoms with E-state index in [4.69, 9.17) is 0 Å². The Morgan fingerprint density at radius 3 is 2.77 bits per heavy atom. The van der Waals surface area contributed by atoms with Crippen LogP contribution in [0.3, 0.4) is 0 Å². The maximum Gasteiger partial charge on any atom is 0.268 e. The smallest absolute Gasteiger partial charge is 0.268 e. The van der Waals surface area contributed by atoms with Crippen molar-refractivity contribution in [2.75, 3.05) is 5.32 Å². The first-order valence-electron chi connectivity index (χ1n) is 7.90. The van der Waals surface area contributed by atoms with E-state index in [9.17, 15) is 14.9 Å². The van der Waals surface area contributed by atoms with Crippen molar-refractivity contribution in [3.05, 3.63) is 46.6 Å². The molecule has 2 aromatic heterocycles. The maximum absolute atomic E-state index is 12.4. The molecule has 7 nitrogen and oxygen atoms in total. The Labute approximate surface area is 153 Å². The zero-order valence-corrected chi connectivity index (χ0v) is 15.0. The van der Waals surface area contributed by atoms with Crippen LogP contribution in [-0.2, 0) is 11.2 Å². The molecule has 0 unspecified atom stereocenters. The highest BCUT2D eigenvalue weighted by Gasteiger charge is 2.15. The second-order valence-corrected chi connectivity index (χ2v) is 6.53. The first-order valence-corrected chi connectivity index (χ1v) is 8.71. The number of nitrogens with zero attached hydrogens (tertiary/aromatic N) is 4. The number of aromatic nitrogens is 3. The summed E-state index contributed by atoms with van der Waals surface area (Å²) in [7, 11) is 0. The monoisotopic (exact) mass is 365 g/mol. The van der Waals surface area contributed by atoms with Crippen LogP contribution in [0, 0.1) is 11.3 Å². The second-order valence-electron chi connectivity index (χ2n) is 5.47. The Balaban J connectivity index is 1.96. The summed E-state index contributed by atoms with van der Waals surface area (Å²) < 4.78 is 1.49. The molecule has 0 aliphatic heterocycles. The van der Waals surface area contributed by atoms with Crippen LogP contribution in [0.2, 0.25) is 0 Å². The fourth-order valence-corrected chi connectivity index (χ4v) is 3.17. The van der Waals surface area contributed by atoms with Crippen LogP contribution in [0.15, 0.2) is 36.0 Å². The summed E-state index contributed by atoms with van der Waals surface area (Å²) in [5, 5.41) is 21.7. The summed E-state index contributed by atoms with van der Waals surface area (Å²) in [6.07, 6.45) is 3.82. The quantitative estimate of drug-likeness (QED) is 0.565. The number of anilines is 1. The largest absolute Gasteiger partial charge is 0.296 e. The minimum absolute atomic E-state index is 0.0790. The normalized spacial score (nSPS) is 11.3. The molecule has 130 valence electrons. The van der Waals surface area contributed by atoms with Crippen molar-refractivity contribution in [3.63, 3.8) is 0 Å². The number of carbonyl (C=O) groups is 2. The Kier molecular flexibility index (Phi) is 4.91. The van der Waals surface area contributed by atoms with Gasteiger partial charge in [-0.25, -0.2) is 0 Å². The predicted octanol–water partition coefficient (Wildman–Crippen LogP) is 3.26. The highest BCUT2D eigenvalue weighted by Crippen LogP contribution is 2.24. The van der Waals surface area contributed by atoms with Gasteiger partial charge in [-0.1, -0.05) is 36.5 Å². The Hall–Kier alpha value is -3.31. The highest BCUT2D eigenvalue weighted by molar-refractivity contribution is 7.15. The van der Waals surface area contributed by atoms with E-state index in [0.717, 1.165) is 22.3 Å². The first kappa shape index (κ1) is 17.5. The van der Waals surface area contributed by atoms with Gasteiger partial charge < -0.3 is 0 Å². The van der Waals surface area contributed by atoms with Crippen molar-refractivity contribution >= 4 is 45.3 Å². The van der Waals surface area contributed by atoms with E-state index in [-0.39, 0.29) is 11.5 Å². The molecular weight excluding hydrogens is 350 g/mol. The molecule has 2 heterocycles. The van der Waals surface area contributed by atoms with Crippen LogP contribution >= 0.6 is 11.3 Å². The van der Waals surface area contributed by atoms with Gasteiger partial charge >= 0.3 is 0 Å². The van der Waals surface area contributed by atoms with Crippen LogP contribution in [-0.4, -0.2) is 26.6 Å². The van der Waals surface area contributed by atoms with Crippen LogP contribution in [0.25, 0.3) is 17.0 Å². The highest BCUT2D eigenvalue weighted by atomic mass is 32.1. The van der Waals surface area contributed by atoms with Gasteiger partial charge in [-0.15, -0.1) is 10.2 Å². The number of amides is 1. The molecule has 1 N–H and O–H groups in total. The van der Waals surface area contributed by atoms with E-state index in [1.54, 1.807) is 6.20 Å². The number of para-hydroxylation sites is 1. The minimum atomic E-state index is -0.564. The third-order valence-corrected chi connectivity index (χ3v) is 4.72. The van der Waals surface area contributed by atoms with Gasteiger partial charge in [-0.05, 0) is 18.6 Å². The molecule has 3 rings (SSSR count). The number of nitriles is 1. The second kappa shape index (κ2) is 7.29. The number of carbonyl (C=O) groups excluding carboxylic acids is 2. The zero-order chi connectivity index (χ0) is 18.7. The van der Waals surface area contributed by atoms with Gasteiger partial charge in [0.15, 0.2) is 0 Å². The van der Waals surface area contributed by atoms with Crippen molar-refractivity contribution in [1.29, 1.82) is 5.26 Å². The van der Waals surface area contributed by atoms with Gasteiger partial charge in [0.05, 0.1) is 5.52 Å². The topological polar surface area (TPSA) is 101 Å². The van der Waals surface area contributed by atoms with Gasteiger partial charge in [0, 0.05) is 24.1 Å². The standard InChI is InChI=1S/C18H15N5O2S/c1-3-16-21-22-18(26-16)20-17(25)12(9-19)8-13-10-23(11(2)24)15-7-5-4-6-14(13)15/h4-8,10H,3H2,1-2H3,(H,20,22,25). The first-order chi connectivity index (χ1) is 12.5. The van der Waals surface area contributed by atoms with Crippen LogP contribution in [0.5, 0.6) is 0 Å². The van der Waals surface area contributed by atoms with E-state index in [1.165, 1.54) is 28.9 Å². The zero-order valence-electron chi connectivity index (χ0n) is 14.2. The molecular formula is C18H15N5O2S. The van der Waals surface area contributed by atoms with Crippen molar-refractivity contribution in [2.45, 2.75) is 20.3 Å². The Morgan fingerprint density at radius 2 is 2.12 bits per heavy atom. The summed E-state index contributed by atoms with van der Waals surface area (Å²) in [5.41, 5.74) is 1.26. The van der Waals surface area contributed by atoms with E-state index < -0.39 is 5.91 Å². The SMILES string of the molecule is CCc1nnc(NC(=O)C(C#N)=Cc2cn(C(C)=O)c3ccccc23)s1. The summed E-state index contributed by atoms with van der Waals surface area (Å²) in [6.45, 7) is 3.40. The molecule has 8 heteroatoms. The molecule has 0 saturated heterocycles. The van der Waals surface area contributed by atoms with E-state index in [0.29, 0.717) is 10.7 Å². The Morgan fingerprint density at radius 1 is 1.35 bits per heavy atom. The minimum Gasteiger partial charge on any atom is -0.296 e. The lowest BCUT2D eigenvalue weighted by molar-refractivity contribution is -0.112. The van der Waals surface area contributed by atoms with Gasteiger partial charge in [0.25, 0.3) is 5.91 Å². The lowest BCUT2D eigenvalue weighted by Crippen LogP contribution is -2.13. The van der Waals surface area contributed by atoms with Crippen molar-refractivity contribution in [2.24, 2.45) is 0 Å². The van der Waals surface area contributed by atoms with Crippen molar-refractivity contribution in [1.82, 2.24) is 14.8 Å². The molecule has 26 heavy (non-hydrogen) atoms. The Bertz CT molecular complexity index is 1070. The molecule has 0 fully saturated rings. The fraction of sp³-hybridized carbons (Fsp3) is 0.167. The number of nitrogens with one attached hydrogen (secondary N) is 1. The summed E-state index contributed by atoms with van der Waals surface area (Å²) in [6, 6.07) is 9.22. The third kappa shape index (κ3) is 3.38. The number of hydrogen-bond acceptors (Lipinski definition) is 6. The predicted molar refractivity (Wildman–Crippen MR) is 99.7 cm³/mol. The lowest BCUT2D eigenvalue weighted by Gasteiger charge is -1.99. The average Bonchev–Trinajstić information content (AvgIpc) is 3.24. The van der Waals surface area contributed by atoms with Crippen molar-refractivity contribution < 1.29 is 9.59 Å². The van der Waals surface area contributed by atoms with E-state index in [1.807, 2.05) is 37.3 Å². The van der Waals surface area contributed by atoms with Crippen LogP contribution in [0.1, 0.15) is 29.2 Å². The average molecular weight is 365 g/mol. The van der Waals surface area contributed by atoms with Gasteiger partial charge in [0.2, 0.25) is 11.0 Å². The third-order valence-electron chi connectivity index (χ3n) is 3.74. The number of benzene rings is 1.